The number of hydrogen-bond acceptors (Lipinski definition) is 5. The van der Waals surface area contributed by atoms with Crippen LogP contribution in [0.15, 0.2) is 5.38 Å². The number of carbonyl (C=O) groups is 1. The predicted molar refractivity (Wildman–Crippen MR) is 73.9 cm³/mol. The number of aliphatic hydroxyl groups excluding tert-OH is 1. The van der Waals surface area contributed by atoms with Gasteiger partial charge in [0.25, 0.3) is 0 Å². The maximum atomic E-state index is 11.9. The van der Waals surface area contributed by atoms with Crippen LogP contribution in [-0.2, 0) is 4.79 Å². The van der Waals surface area contributed by atoms with E-state index >= 15 is 0 Å². The molecule has 0 radical (unpaired) electrons. The molecule has 1 heterocycles. The van der Waals surface area contributed by atoms with Crippen LogP contribution in [0.4, 0.5) is 5.13 Å². The van der Waals surface area contributed by atoms with Crippen LogP contribution in [0.3, 0.4) is 0 Å². The fraction of sp³-hybridized carbons (Fsp3) is 0.667. The first-order chi connectivity index (χ1) is 8.52. The largest absolute Gasteiger partial charge is 0.396 e. The van der Waals surface area contributed by atoms with Gasteiger partial charge >= 0.3 is 0 Å². The first-order valence-corrected chi connectivity index (χ1v) is 6.97. The summed E-state index contributed by atoms with van der Waals surface area (Å²) >= 11 is 1.43. The molecule has 5 nitrogen and oxygen atoms in total. The minimum atomic E-state index is -0.0593. The summed E-state index contributed by atoms with van der Waals surface area (Å²) in [5.74, 6) is -0.0593. The second-order valence-electron chi connectivity index (χ2n) is 4.48. The zero-order chi connectivity index (χ0) is 13.5. The van der Waals surface area contributed by atoms with Gasteiger partial charge in [-0.25, -0.2) is 4.98 Å². The van der Waals surface area contributed by atoms with Gasteiger partial charge in [0, 0.05) is 24.6 Å². The van der Waals surface area contributed by atoms with Gasteiger partial charge in [-0.3, -0.25) is 9.69 Å². The zero-order valence-corrected chi connectivity index (χ0v) is 12.0. The molecule has 1 aromatic rings. The van der Waals surface area contributed by atoms with Crippen LogP contribution in [0.25, 0.3) is 0 Å². The number of amides is 1. The Labute approximate surface area is 112 Å². The first-order valence-electron chi connectivity index (χ1n) is 6.09. The minimum absolute atomic E-state index is 0.0593. The summed E-state index contributed by atoms with van der Waals surface area (Å²) in [6.07, 6.45) is 0.682. The molecule has 0 saturated carbocycles. The van der Waals surface area contributed by atoms with Gasteiger partial charge in [0.2, 0.25) is 5.91 Å². The third kappa shape index (κ3) is 5.12. The molecule has 0 atom stereocenters. The van der Waals surface area contributed by atoms with Crippen LogP contribution < -0.4 is 5.32 Å². The lowest BCUT2D eigenvalue weighted by molar-refractivity contribution is -0.117. The van der Waals surface area contributed by atoms with Crippen molar-refractivity contribution in [2.24, 2.45) is 0 Å². The summed E-state index contributed by atoms with van der Waals surface area (Å²) in [5, 5.41) is 14.2. The molecule has 0 aliphatic heterocycles. The summed E-state index contributed by atoms with van der Waals surface area (Å²) in [5.41, 5.74) is 0.913. The highest BCUT2D eigenvalue weighted by molar-refractivity contribution is 7.13. The van der Waals surface area contributed by atoms with Gasteiger partial charge in [-0.2, -0.15) is 0 Å². The molecule has 0 aliphatic rings. The van der Waals surface area contributed by atoms with Gasteiger partial charge in [-0.1, -0.05) is 0 Å². The van der Waals surface area contributed by atoms with E-state index in [0.717, 1.165) is 12.2 Å². The number of nitrogens with zero attached hydrogens (tertiary/aromatic N) is 2. The highest BCUT2D eigenvalue weighted by atomic mass is 32.1. The number of nitrogens with one attached hydrogen (secondary N) is 1. The molecule has 2 N–H and O–H groups in total. The molecule has 0 aliphatic carbocycles. The summed E-state index contributed by atoms with van der Waals surface area (Å²) in [7, 11) is 0. The van der Waals surface area contributed by atoms with Crippen LogP contribution in [0.1, 0.15) is 26.0 Å². The van der Waals surface area contributed by atoms with Crippen molar-refractivity contribution in [3.05, 3.63) is 11.1 Å². The fourth-order valence-corrected chi connectivity index (χ4v) is 2.25. The molecule has 0 fully saturated rings. The molecule has 1 amide bonds. The number of hydrogen-bond donors (Lipinski definition) is 2. The third-order valence-corrected chi connectivity index (χ3v) is 3.42. The highest BCUT2D eigenvalue weighted by Crippen LogP contribution is 2.14. The Kier molecular flexibility index (Phi) is 6.24. The van der Waals surface area contributed by atoms with Crippen molar-refractivity contribution in [2.75, 3.05) is 25.0 Å². The first kappa shape index (κ1) is 15.1. The quantitative estimate of drug-likeness (QED) is 0.788. The van der Waals surface area contributed by atoms with E-state index in [1.165, 1.54) is 11.3 Å². The molecule has 6 heteroatoms. The maximum absolute atomic E-state index is 11.9. The van der Waals surface area contributed by atoms with Gasteiger partial charge in [0.15, 0.2) is 5.13 Å². The molecule has 102 valence electrons. The van der Waals surface area contributed by atoms with E-state index in [2.05, 4.69) is 10.3 Å². The number of thiazole rings is 1. The van der Waals surface area contributed by atoms with E-state index < -0.39 is 0 Å². The monoisotopic (exact) mass is 271 g/mol. The van der Waals surface area contributed by atoms with Crippen molar-refractivity contribution in [3.63, 3.8) is 0 Å². The zero-order valence-electron chi connectivity index (χ0n) is 11.1. The summed E-state index contributed by atoms with van der Waals surface area (Å²) in [6, 6.07) is 0.278. The fourth-order valence-electron chi connectivity index (χ4n) is 1.55. The lowest BCUT2D eigenvalue weighted by Gasteiger charge is -2.25. The van der Waals surface area contributed by atoms with Crippen molar-refractivity contribution in [2.45, 2.75) is 33.2 Å². The summed E-state index contributed by atoms with van der Waals surface area (Å²) in [6.45, 7) is 7.18. The molecular formula is C12H21N3O2S. The van der Waals surface area contributed by atoms with E-state index in [9.17, 15) is 4.79 Å². The molecular weight excluding hydrogens is 250 g/mol. The Balaban J connectivity index is 2.45. The van der Waals surface area contributed by atoms with Crippen LogP contribution in [-0.4, -0.2) is 46.6 Å². The Morgan fingerprint density at radius 2 is 2.33 bits per heavy atom. The smallest absolute Gasteiger partial charge is 0.240 e. The van der Waals surface area contributed by atoms with Crippen molar-refractivity contribution >= 4 is 22.4 Å². The van der Waals surface area contributed by atoms with Gasteiger partial charge in [0.05, 0.1) is 12.2 Å². The average Bonchev–Trinajstić information content (AvgIpc) is 2.69. The van der Waals surface area contributed by atoms with E-state index in [0.29, 0.717) is 18.1 Å². The van der Waals surface area contributed by atoms with Gasteiger partial charge in [-0.05, 0) is 27.2 Å². The molecule has 0 aromatic carbocycles. The van der Waals surface area contributed by atoms with Crippen molar-refractivity contribution in [3.8, 4) is 0 Å². The molecule has 0 unspecified atom stereocenters. The molecule has 1 aromatic heterocycles. The number of aliphatic hydroxyl groups is 1. The Morgan fingerprint density at radius 1 is 1.61 bits per heavy atom. The normalized spacial score (nSPS) is 11.2. The molecule has 0 spiro atoms. The highest BCUT2D eigenvalue weighted by Gasteiger charge is 2.14. The predicted octanol–water partition coefficient (Wildman–Crippen LogP) is 1.48. The van der Waals surface area contributed by atoms with Crippen molar-refractivity contribution in [1.82, 2.24) is 9.88 Å². The van der Waals surface area contributed by atoms with Crippen LogP contribution in [0, 0.1) is 6.92 Å². The van der Waals surface area contributed by atoms with Crippen molar-refractivity contribution < 1.29 is 9.90 Å². The standard InChI is InChI=1S/C12H21N3O2S/c1-9(2)15(5-4-6-16)7-11(17)14-12-13-10(3)8-18-12/h8-9,16H,4-7H2,1-3H3,(H,13,14,17). The van der Waals surface area contributed by atoms with Gasteiger partial charge < -0.3 is 10.4 Å². The SMILES string of the molecule is Cc1csc(NC(=O)CN(CCCO)C(C)C)n1. The lowest BCUT2D eigenvalue weighted by Crippen LogP contribution is -2.38. The number of rotatable bonds is 7. The minimum Gasteiger partial charge on any atom is -0.396 e. The topological polar surface area (TPSA) is 65.5 Å². The Bertz CT molecular complexity index is 379. The number of aromatic nitrogens is 1. The number of aryl methyl sites for hydroxylation is 1. The number of carbonyl (C=O) groups excluding carboxylic acids is 1. The van der Waals surface area contributed by atoms with E-state index in [1.807, 2.05) is 31.1 Å². The van der Waals surface area contributed by atoms with E-state index in [1.54, 1.807) is 0 Å². The Morgan fingerprint density at radius 3 is 2.83 bits per heavy atom. The third-order valence-electron chi connectivity index (χ3n) is 2.55. The molecule has 1 rings (SSSR count). The van der Waals surface area contributed by atoms with Crippen LogP contribution >= 0.6 is 11.3 Å². The van der Waals surface area contributed by atoms with Gasteiger partial charge in [-0.15, -0.1) is 11.3 Å². The average molecular weight is 271 g/mol. The summed E-state index contributed by atoms with van der Waals surface area (Å²) < 4.78 is 0. The number of anilines is 1. The van der Waals surface area contributed by atoms with Crippen molar-refractivity contribution in [1.29, 1.82) is 0 Å². The second kappa shape index (κ2) is 7.45. The van der Waals surface area contributed by atoms with Gasteiger partial charge in [0.1, 0.15) is 0 Å². The second-order valence-corrected chi connectivity index (χ2v) is 5.34. The van der Waals surface area contributed by atoms with Crippen LogP contribution in [0.5, 0.6) is 0 Å². The summed E-state index contributed by atoms with van der Waals surface area (Å²) in [4.78, 5) is 18.1. The molecule has 0 saturated heterocycles. The van der Waals surface area contributed by atoms with Crippen LogP contribution in [0.2, 0.25) is 0 Å². The molecule has 18 heavy (non-hydrogen) atoms. The Hall–Kier alpha value is -0.980. The molecule has 0 bridgehead atoms. The lowest BCUT2D eigenvalue weighted by atomic mass is 10.3. The maximum Gasteiger partial charge on any atom is 0.240 e. The van der Waals surface area contributed by atoms with E-state index in [-0.39, 0.29) is 18.6 Å². The van der Waals surface area contributed by atoms with E-state index in [4.69, 9.17) is 5.11 Å².